The van der Waals surface area contributed by atoms with E-state index in [1.54, 1.807) is 6.07 Å². The lowest BCUT2D eigenvalue weighted by Gasteiger charge is -2.19. The van der Waals surface area contributed by atoms with Crippen molar-refractivity contribution in [2.24, 2.45) is 4.99 Å². The number of guanidine groups is 1. The van der Waals surface area contributed by atoms with Crippen molar-refractivity contribution in [2.45, 2.75) is 12.6 Å². The molecule has 0 spiro atoms. The number of aliphatic imine (C=N–C) groups is 1. The Bertz CT molecular complexity index is 619. The Morgan fingerprint density at radius 2 is 1.96 bits per heavy atom. The summed E-state index contributed by atoms with van der Waals surface area (Å²) in [6, 6.07) is 13.7. The lowest BCUT2D eigenvalue weighted by Crippen LogP contribution is -2.38. The summed E-state index contributed by atoms with van der Waals surface area (Å²) in [4.78, 5) is 7.31. The van der Waals surface area contributed by atoms with Crippen molar-refractivity contribution in [3.63, 3.8) is 0 Å². The van der Waals surface area contributed by atoms with Crippen LogP contribution in [0.25, 0.3) is 0 Å². The quantitative estimate of drug-likeness (QED) is 0.402. The van der Waals surface area contributed by atoms with Crippen LogP contribution in [0.5, 0.6) is 0 Å². The van der Waals surface area contributed by atoms with Gasteiger partial charge in [0.25, 0.3) is 0 Å². The van der Waals surface area contributed by atoms with Gasteiger partial charge in [0, 0.05) is 25.5 Å². The van der Waals surface area contributed by atoms with E-state index in [-0.39, 0.29) is 24.0 Å². The molecular weight excluding hydrogens is 445 g/mol. The van der Waals surface area contributed by atoms with Crippen LogP contribution in [0.3, 0.4) is 0 Å². The average Bonchev–Trinajstić information content (AvgIpc) is 2.94. The van der Waals surface area contributed by atoms with E-state index in [1.165, 1.54) is 11.3 Å². The normalized spacial score (nSPS) is 12.4. The Labute approximate surface area is 163 Å². The maximum absolute atomic E-state index is 10.2. The van der Waals surface area contributed by atoms with Gasteiger partial charge in [-0.2, -0.15) is 0 Å². The Hall–Kier alpha value is -0.830. The molecule has 7 heteroatoms. The summed E-state index contributed by atoms with van der Waals surface area (Å²) in [6.07, 6.45) is -0.598. The second-order valence-corrected chi connectivity index (χ2v) is 6.81. The van der Waals surface area contributed by atoms with Crippen molar-refractivity contribution in [1.29, 1.82) is 0 Å². The standard InChI is InChI=1S/C16H20ClN3OS.HI/c1-20(2)16(18-10-12-6-4-3-5-7-12)19-11-13(21)14-8-9-15(17)22-14;/h3-9,13,21H,10-11H2,1-2H3,(H,18,19);1H. The molecule has 23 heavy (non-hydrogen) atoms. The van der Waals surface area contributed by atoms with Crippen molar-refractivity contribution < 1.29 is 5.11 Å². The van der Waals surface area contributed by atoms with Gasteiger partial charge in [0.2, 0.25) is 0 Å². The van der Waals surface area contributed by atoms with Crippen LogP contribution in [0.15, 0.2) is 47.5 Å². The molecule has 2 rings (SSSR count). The number of rotatable bonds is 5. The fourth-order valence-electron chi connectivity index (χ4n) is 1.90. The summed E-state index contributed by atoms with van der Waals surface area (Å²) < 4.78 is 0.680. The molecule has 0 amide bonds. The summed E-state index contributed by atoms with van der Waals surface area (Å²) in [6.45, 7) is 0.991. The van der Waals surface area contributed by atoms with Crippen molar-refractivity contribution in [3.05, 3.63) is 57.2 Å². The van der Waals surface area contributed by atoms with Crippen LogP contribution in [-0.2, 0) is 6.54 Å². The molecule has 126 valence electrons. The van der Waals surface area contributed by atoms with Gasteiger partial charge in [-0.15, -0.1) is 35.3 Å². The van der Waals surface area contributed by atoms with Gasteiger partial charge in [-0.05, 0) is 17.7 Å². The number of hydrogen-bond donors (Lipinski definition) is 2. The summed E-state index contributed by atoms with van der Waals surface area (Å²) in [5.74, 6) is 0.741. The highest BCUT2D eigenvalue weighted by Crippen LogP contribution is 2.26. The lowest BCUT2D eigenvalue weighted by molar-refractivity contribution is 0.184. The van der Waals surface area contributed by atoms with Crippen LogP contribution in [0.4, 0.5) is 0 Å². The topological polar surface area (TPSA) is 47.9 Å². The number of aliphatic hydroxyl groups is 1. The molecule has 1 aromatic carbocycles. The molecule has 1 heterocycles. The average molecular weight is 466 g/mol. The fraction of sp³-hybridized carbons (Fsp3) is 0.312. The minimum Gasteiger partial charge on any atom is -0.386 e. The molecule has 0 bridgehead atoms. The van der Waals surface area contributed by atoms with E-state index in [1.807, 2.05) is 55.4 Å². The fourth-order valence-corrected chi connectivity index (χ4v) is 2.95. The van der Waals surface area contributed by atoms with Gasteiger partial charge in [-0.1, -0.05) is 41.9 Å². The first kappa shape index (κ1) is 20.2. The van der Waals surface area contributed by atoms with Crippen molar-refractivity contribution >= 4 is 52.9 Å². The van der Waals surface area contributed by atoms with E-state index in [4.69, 9.17) is 11.6 Å². The second-order valence-electron chi connectivity index (χ2n) is 5.06. The molecule has 4 nitrogen and oxygen atoms in total. The Kier molecular flexibility index (Phi) is 8.90. The Morgan fingerprint density at radius 3 is 2.52 bits per heavy atom. The van der Waals surface area contributed by atoms with Gasteiger partial charge in [-0.3, -0.25) is 0 Å². The maximum atomic E-state index is 10.2. The highest BCUT2D eigenvalue weighted by atomic mass is 127. The zero-order chi connectivity index (χ0) is 15.9. The first-order chi connectivity index (χ1) is 10.6. The number of benzene rings is 1. The number of aliphatic hydroxyl groups excluding tert-OH is 1. The molecule has 1 atom stereocenters. The van der Waals surface area contributed by atoms with Gasteiger partial charge < -0.3 is 15.3 Å². The monoisotopic (exact) mass is 465 g/mol. The molecule has 0 aliphatic heterocycles. The zero-order valence-electron chi connectivity index (χ0n) is 13.1. The molecule has 1 aromatic heterocycles. The van der Waals surface area contributed by atoms with E-state index in [0.717, 1.165) is 16.4 Å². The molecule has 2 N–H and O–H groups in total. The third kappa shape index (κ3) is 6.66. The maximum Gasteiger partial charge on any atom is 0.193 e. The SMILES string of the molecule is CN(C)C(=NCc1ccccc1)NCC(O)c1ccc(Cl)s1.I. The molecule has 0 saturated carbocycles. The van der Waals surface area contributed by atoms with E-state index in [0.29, 0.717) is 17.4 Å². The van der Waals surface area contributed by atoms with Gasteiger partial charge in [-0.25, -0.2) is 4.99 Å². The van der Waals surface area contributed by atoms with Gasteiger partial charge in [0.15, 0.2) is 5.96 Å². The minimum atomic E-state index is -0.598. The summed E-state index contributed by atoms with van der Waals surface area (Å²) >= 11 is 7.28. The summed E-state index contributed by atoms with van der Waals surface area (Å²) in [5.41, 5.74) is 1.15. The first-order valence-electron chi connectivity index (χ1n) is 6.99. The molecule has 0 aliphatic rings. The van der Waals surface area contributed by atoms with E-state index in [2.05, 4.69) is 10.3 Å². The van der Waals surface area contributed by atoms with Crippen molar-refractivity contribution in [3.8, 4) is 0 Å². The number of hydrogen-bond acceptors (Lipinski definition) is 3. The van der Waals surface area contributed by atoms with Crippen molar-refractivity contribution in [1.82, 2.24) is 10.2 Å². The lowest BCUT2D eigenvalue weighted by atomic mass is 10.2. The smallest absolute Gasteiger partial charge is 0.193 e. The highest BCUT2D eigenvalue weighted by Gasteiger charge is 2.11. The Morgan fingerprint density at radius 1 is 1.26 bits per heavy atom. The third-order valence-electron chi connectivity index (χ3n) is 3.05. The van der Waals surface area contributed by atoms with Gasteiger partial charge >= 0.3 is 0 Å². The first-order valence-corrected chi connectivity index (χ1v) is 8.18. The highest BCUT2D eigenvalue weighted by molar-refractivity contribution is 14.0. The molecular formula is C16H21ClIN3OS. The predicted octanol–water partition coefficient (Wildman–Crippen LogP) is 3.76. The molecule has 0 radical (unpaired) electrons. The molecule has 0 fully saturated rings. The van der Waals surface area contributed by atoms with Crippen LogP contribution in [-0.4, -0.2) is 36.6 Å². The third-order valence-corrected chi connectivity index (χ3v) is 4.39. The van der Waals surface area contributed by atoms with Crippen LogP contribution in [0.1, 0.15) is 16.5 Å². The predicted molar refractivity (Wildman–Crippen MR) is 109 cm³/mol. The number of thiophene rings is 1. The molecule has 0 aliphatic carbocycles. The van der Waals surface area contributed by atoms with Crippen LogP contribution < -0.4 is 5.32 Å². The molecule has 1 unspecified atom stereocenters. The van der Waals surface area contributed by atoms with Crippen molar-refractivity contribution in [2.75, 3.05) is 20.6 Å². The largest absolute Gasteiger partial charge is 0.386 e. The summed E-state index contributed by atoms with van der Waals surface area (Å²) in [5, 5.41) is 13.4. The second kappa shape index (κ2) is 10.1. The molecule has 2 aromatic rings. The van der Waals surface area contributed by atoms with Crippen LogP contribution >= 0.6 is 46.9 Å². The van der Waals surface area contributed by atoms with Gasteiger partial charge in [0.05, 0.1) is 10.9 Å². The van der Waals surface area contributed by atoms with E-state index >= 15 is 0 Å². The van der Waals surface area contributed by atoms with Crippen LogP contribution in [0.2, 0.25) is 4.34 Å². The molecule has 0 saturated heterocycles. The number of halogens is 2. The minimum absolute atomic E-state index is 0. The summed E-state index contributed by atoms with van der Waals surface area (Å²) in [7, 11) is 3.84. The zero-order valence-corrected chi connectivity index (χ0v) is 17.0. The number of nitrogens with zero attached hydrogens (tertiary/aromatic N) is 2. The number of nitrogens with one attached hydrogen (secondary N) is 1. The Balaban J connectivity index is 0.00000264. The van der Waals surface area contributed by atoms with Gasteiger partial charge in [0.1, 0.15) is 6.10 Å². The van der Waals surface area contributed by atoms with E-state index in [9.17, 15) is 5.11 Å². The van der Waals surface area contributed by atoms with E-state index < -0.39 is 6.10 Å². The van der Waals surface area contributed by atoms with Crippen LogP contribution in [0, 0.1) is 0 Å².